The van der Waals surface area contributed by atoms with Crippen molar-refractivity contribution in [1.29, 1.82) is 0 Å². The van der Waals surface area contributed by atoms with Crippen LogP contribution in [0.25, 0.3) is 0 Å². The number of rotatable bonds is 6. The Labute approximate surface area is 151 Å². The zero-order chi connectivity index (χ0) is 18.6. The van der Waals surface area contributed by atoms with Crippen molar-refractivity contribution in [2.45, 2.75) is 11.4 Å². The lowest BCUT2D eigenvalue weighted by molar-refractivity contribution is 0.102. The number of carbonyl (C=O) groups excluding carboxylic acids is 1. The SMILES string of the molecule is CNS(=O)(=O)c1ccc(NC(=O)c2cnn(Cc3ccccc3)c2)cc1. The average molecular weight is 370 g/mol. The molecule has 0 aliphatic carbocycles. The summed E-state index contributed by atoms with van der Waals surface area (Å²) in [5, 5.41) is 6.92. The number of benzene rings is 2. The molecule has 1 heterocycles. The lowest BCUT2D eigenvalue weighted by Gasteiger charge is -2.06. The first-order valence-corrected chi connectivity index (χ1v) is 9.37. The Morgan fingerprint density at radius 3 is 2.42 bits per heavy atom. The fraction of sp³-hybridized carbons (Fsp3) is 0.111. The number of nitrogens with zero attached hydrogens (tertiary/aromatic N) is 2. The molecule has 1 aromatic heterocycles. The predicted octanol–water partition coefficient (Wildman–Crippen LogP) is 2.09. The second-order valence-electron chi connectivity index (χ2n) is 5.60. The molecule has 26 heavy (non-hydrogen) atoms. The molecule has 0 radical (unpaired) electrons. The number of aromatic nitrogens is 2. The van der Waals surface area contributed by atoms with Gasteiger partial charge >= 0.3 is 0 Å². The molecule has 2 aromatic carbocycles. The number of hydrogen-bond acceptors (Lipinski definition) is 4. The Kier molecular flexibility index (Phi) is 5.15. The van der Waals surface area contributed by atoms with Gasteiger partial charge in [-0.25, -0.2) is 13.1 Å². The Morgan fingerprint density at radius 1 is 1.08 bits per heavy atom. The summed E-state index contributed by atoms with van der Waals surface area (Å²) in [7, 11) is -2.15. The van der Waals surface area contributed by atoms with Gasteiger partial charge in [-0.1, -0.05) is 30.3 Å². The summed E-state index contributed by atoms with van der Waals surface area (Å²) in [6.45, 7) is 0.574. The largest absolute Gasteiger partial charge is 0.322 e. The van der Waals surface area contributed by atoms with Gasteiger partial charge < -0.3 is 5.32 Å². The van der Waals surface area contributed by atoms with Crippen molar-refractivity contribution in [1.82, 2.24) is 14.5 Å². The molecule has 0 spiro atoms. The van der Waals surface area contributed by atoms with Crippen molar-refractivity contribution in [3.63, 3.8) is 0 Å². The molecule has 0 aliphatic rings. The van der Waals surface area contributed by atoms with Crippen molar-refractivity contribution in [2.75, 3.05) is 12.4 Å². The van der Waals surface area contributed by atoms with Crippen LogP contribution in [0.2, 0.25) is 0 Å². The smallest absolute Gasteiger partial charge is 0.258 e. The van der Waals surface area contributed by atoms with Crippen LogP contribution in [-0.2, 0) is 16.6 Å². The van der Waals surface area contributed by atoms with Gasteiger partial charge in [0.05, 0.1) is 23.2 Å². The van der Waals surface area contributed by atoms with E-state index in [9.17, 15) is 13.2 Å². The van der Waals surface area contributed by atoms with Crippen LogP contribution >= 0.6 is 0 Å². The van der Waals surface area contributed by atoms with Crippen LogP contribution in [-0.4, -0.2) is 31.2 Å². The van der Waals surface area contributed by atoms with Crippen LogP contribution in [0.4, 0.5) is 5.69 Å². The van der Waals surface area contributed by atoms with Gasteiger partial charge in [0, 0.05) is 11.9 Å². The van der Waals surface area contributed by atoms with Gasteiger partial charge in [-0.3, -0.25) is 9.48 Å². The van der Waals surface area contributed by atoms with E-state index in [1.807, 2.05) is 30.3 Å². The van der Waals surface area contributed by atoms with Gasteiger partial charge in [-0.2, -0.15) is 5.10 Å². The normalized spacial score (nSPS) is 11.3. The Morgan fingerprint density at radius 2 is 1.77 bits per heavy atom. The van der Waals surface area contributed by atoms with E-state index in [1.165, 1.54) is 37.5 Å². The number of sulfonamides is 1. The fourth-order valence-corrected chi connectivity index (χ4v) is 3.11. The van der Waals surface area contributed by atoms with Crippen molar-refractivity contribution >= 4 is 21.6 Å². The van der Waals surface area contributed by atoms with E-state index in [0.717, 1.165) is 5.56 Å². The molecule has 0 bridgehead atoms. The second-order valence-corrected chi connectivity index (χ2v) is 7.48. The summed E-state index contributed by atoms with van der Waals surface area (Å²) in [5.41, 5.74) is 2.01. The zero-order valence-corrected chi connectivity index (χ0v) is 14.9. The summed E-state index contributed by atoms with van der Waals surface area (Å²) < 4.78 is 27.3. The van der Waals surface area contributed by atoms with E-state index >= 15 is 0 Å². The first-order valence-electron chi connectivity index (χ1n) is 7.89. The van der Waals surface area contributed by atoms with E-state index in [4.69, 9.17) is 0 Å². The van der Waals surface area contributed by atoms with Gasteiger partial charge in [-0.15, -0.1) is 0 Å². The fourth-order valence-electron chi connectivity index (χ4n) is 2.38. The van der Waals surface area contributed by atoms with E-state index in [2.05, 4.69) is 15.1 Å². The molecule has 0 atom stereocenters. The molecule has 0 saturated heterocycles. The zero-order valence-electron chi connectivity index (χ0n) is 14.1. The number of amides is 1. The van der Waals surface area contributed by atoms with Crippen LogP contribution in [0.5, 0.6) is 0 Å². The van der Waals surface area contributed by atoms with E-state index in [0.29, 0.717) is 17.8 Å². The van der Waals surface area contributed by atoms with Gasteiger partial charge in [0.25, 0.3) is 5.91 Å². The number of carbonyl (C=O) groups is 1. The number of nitrogens with one attached hydrogen (secondary N) is 2. The highest BCUT2D eigenvalue weighted by Crippen LogP contribution is 2.15. The van der Waals surface area contributed by atoms with Gasteiger partial charge in [0.15, 0.2) is 0 Å². The maximum atomic E-state index is 12.3. The number of hydrogen-bond donors (Lipinski definition) is 2. The van der Waals surface area contributed by atoms with Crippen LogP contribution < -0.4 is 10.0 Å². The maximum Gasteiger partial charge on any atom is 0.258 e. The third-order valence-corrected chi connectivity index (χ3v) is 5.20. The maximum absolute atomic E-state index is 12.3. The second kappa shape index (κ2) is 7.51. The molecule has 0 saturated carbocycles. The highest BCUT2D eigenvalue weighted by Gasteiger charge is 2.12. The predicted molar refractivity (Wildman–Crippen MR) is 98.4 cm³/mol. The molecular formula is C18H18N4O3S. The Hall–Kier alpha value is -2.97. The van der Waals surface area contributed by atoms with Crippen molar-refractivity contribution in [3.05, 3.63) is 78.1 Å². The molecule has 134 valence electrons. The van der Waals surface area contributed by atoms with Crippen LogP contribution in [0.15, 0.2) is 71.9 Å². The molecule has 3 rings (SSSR count). The van der Waals surface area contributed by atoms with Crippen molar-refractivity contribution < 1.29 is 13.2 Å². The third kappa shape index (κ3) is 4.16. The molecule has 0 unspecified atom stereocenters. The lowest BCUT2D eigenvalue weighted by Crippen LogP contribution is -2.18. The van der Waals surface area contributed by atoms with Crippen LogP contribution in [0, 0.1) is 0 Å². The molecule has 3 aromatic rings. The summed E-state index contributed by atoms with van der Waals surface area (Å²) in [5.74, 6) is -0.312. The molecule has 0 fully saturated rings. The van der Waals surface area contributed by atoms with Crippen LogP contribution in [0.3, 0.4) is 0 Å². The first kappa shape index (κ1) is 17.8. The highest BCUT2D eigenvalue weighted by molar-refractivity contribution is 7.89. The lowest BCUT2D eigenvalue weighted by atomic mass is 10.2. The van der Waals surface area contributed by atoms with E-state index in [-0.39, 0.29) is 10.8 Å². The topological polar surface area (TPSA) is 93.1 Å². The summed E-state index contributed by atoms with van der Waals surface area (Å²) in [4.78, 5) is 12.5. The number of anilines is 1. The third-order valence-electron chi connectivity index (χ3n) is 3.77. The monoisotopic (exact) mass is 370 g/mol. The molecular weight excluding hydrogens is 352 g/mol. The minimum absolute atomic E-state index is 0.133. The first-order chi connectivity index (χ1) is 12.5. The minimum Gasteiger partial charge on any atom is -0.322 e. The van der Waals surface area contributed by atoms with Gasteiger partial charge in [0.2, 0.25) is 10.0 Å². The average Bonchev–Trinajstić information content (AvgIpc) is 3.12. The highest BCUT2D eigenvalue weighted by atomic mass is 32.2. The van der Waals surface area contributed by atoms with Crippen LogP contribution in [0.1, 0.15) is 15.9 Å². The summed E-state index contributed by atoms with van der Waals surface area (Å²) in [6, 6.07) is 15.8. The Balaban J connectivity index is 1.67. The van der Waals surface area contributed by atoms with E-state index < -0.39 is 10.0 Å². The van der Waals surface area contributed by atoms with Crippen molar-refractivity contribution in [2.24, 2.45) is 0 Å². The van der Waals surface area contributed by atoms with Gasteiger partial charge in [-0.05, 0) is 36.9 Å². The molecule has 2 N–H and O–H groups in total. The molecule has 7 nitrogen and oxygen atoms in total. The molecule has 0 aliphatic heterocycles. The summed E-state index contributed by atoms with van der Waals surface area (Å²) >= 11 is 0. The Bertz CT molecular complexity index is 996. The minimum atomic E-state index is -3.50. The van der Waals surface area contributed by atoms with E-state index in [1.54, 1.807) is 10.9 Å². The summed E-state index contributed by atoms with van der Waals surface area (Å²) in [6.07, 6.45) is 3.17. The van der Waals surface area contributed by atoms with Gasteiger partial charge in [0.1, 0.15) is 0 Å². The quantitative estimate of drug-likeness (QED) is 0.695. The van der Waals surface area contributed by atoms with Crippen molar-refractivity contribution in [3.8, 4) is 0 Å². The standard InChI is InChI=1S/C18H18N4O3S/c1-19-26(24,25)17-9-7-16(8-10-17)21-18(23)15-11-20-22(13-15)12-14-5-3-2-4-6-14/h2-11,13,19H,12H2,1H3,(H,21,23). The molecule has 1 amide bonds. The molecule has 8 heteroatoms.